The number of rotatable bonds is 3. The standard InChI is InChI=1S/C16H21ClFN3O3/c1-16(2,3)24-15(23)21-9-11(18)7-12(21)14(22)20-8-10-4-5-19-13(17)6-10/h4-6,11-12H,7-9H2,1-3H3,(H,20,22). The van der Waals surface area contributed by atoms with E-state index in [1.807, 2.05) is 0 Å². The van der Waals surface area contributed by atoms with Crippen molar-refractivity contribution in [1.29, 1.82) is 0 Å². The normalized spacial score (nSPS) is 20.8. The van der Waals surface area contributed by atoms with Gasteiger partial charge in [0.2, 0.25) is 5.91 Å². The first-order chi connectivity index (χ1) is 11.2. The lowest BCUT2D eigenvalue weighted by atomic mass is 10.2. The molecule has 2 unspecified atom stereocenters. The third-order valence-electron chi connectivity index (χ3n) is 3.44. The van der Waals surface area contributed by atoms with Crippen LogP contribution >= 0.6 is 11.6 Å². The molecule has 1 aromatic heterocycles. The van der Waals surface area contributed by atoms with Crippen molar-refractivity contribution in [1.82, 2.24) is 15.2 Å². The van der Waals surface area contributed by atoms with Gasteiger partial charge in [0.25, 0.3) is 0 Å². The third-order valence-corrected chi connectivity index (χ3v) is 3.65. The maximum Gasteiger partial charge on any atom is 0.411 e. The van der Waals surface area contributed by atoms with E-state index in [1.165, 1.54) is 6.20 Å². The molecule has 1 aliphatic heterocycles. The van der Waals surface area contributed by atoms with Crippen molar-refractivity contribution in [2.75, 3.05) is 6.54 Å². The topological polar surface area (TPSA) is 71.5 Å². The summed E-state index contributed by atoms with van der Waals surface area (Å²) in [5.41, 5.74) is 0.0577. The highest BCUT2D eigenvalue weighted by Gasteiger charge is 2.41. The average molecular weight is 358 g/mol. The number of halogens is 2. The van der Waals surface area contributed by atoms with E-state index in [4.69, 9.17) is 16.3 Å². The summed E-state index contributed by atoms with van der Waals surface area (Å²) in [6.45, 7) is 5.23. The Hall–Kier alpha value is -1.89. The Kier molecular flexibility index (Phi) is 5.64. The van der Waals surface area contributed by atoms with Crippen LogP contribution < -0.4 is 5.32 Å². The number of alkyl halides is 1. The van der Waals surface area contributed by atoms with Crippen molar-refractivity contribution in [3.05, 3.63) is 29.0 Å². The van der Waals surface area contributed by atoms with Crippen LogP contribution in [0.5, 0.6) is 0 Å². The predicted molar refractivity (Wildman–Crippen MR) is 87.3 cm³/mol. The largest absolute Gasteiger partial charge is 0.444 e. The predicted octanol–water partition coefficient (Wildman–Crippen LogP) is 2.70. The number of hydrogen-bond acceptors (Lipinski definition) is 4. The Morgan fingerprint density at radius 3 is 2.83 bits per heavy atom. The zero-order valence-electron chi connectivity index (χ0n) is 13.9. The lowest BCUT2D eigenvalue weighted by Gasteiger charge is -2.27. The smallest absolute Gasteiger partial charge is 0.411 e. The quantitative estimate of drug-likeness (QED) is 0.844. The highest BCUT2D eigenvalue weighted by atomic mass is 35.5. The van der Waals surface area contributed by atoms with Crippen molar-refractivity contribution < 1.29 is 18.7 Å². The van der Waals surface area contributed by atoms with Crippen LogP contribution in [0, 0.1) is 0 Å². The molecule has 1 N–H and O–H groups in total. The molecule has 0 spiro atoms. The summed E-state index contributed by atoms with van der Waals surface area (Å²) in [6.07, 6.45) is -0.440. The summed E-state index contributed by atoms with van der Waals surface area (Å²) in [4.78, 5) is 29.5. The van der Waals surface area contributed by atoms with Gasteiger partial charge in [0.05, 0.1) is 6.54 Å². The second-order valence-electron chi connectivity index (χ2n) is 6.69. The molecule has 0 aromatic carbocycles. The van der Waals surface area contributed by atoms with Gasteiger partial charge in [-0.25, -0.2) is 14.2 Å². The number of hydrogen-bond donors (Lipinski definition) is 1. The monoisotopic (exact) mass is 357 g/mol. The number of nitrogens with one attached hydrogen (secondary N) is 1. The van der Waals surface area contributed by atoms with Crippen molar-refractivity contribution in [2.45, 2.75) is 51.6 Å². The maximum absolute atomic E-state index is 13.7. The van der Waals surface area contributed by atoms with Gasteiger partial charge in [0, 0.05) is 19.2 Å². The third kappa shape index (κ3) is 5.06. The summed E-state index contributed by atoms with van der Waals surface area (Å²) in [6, 6.07) is 2.46. The van der Waals surface area contributed by atoms with E-state index in [9.17, 15) is 14.0 Å². The first-order valence-corrected chi connectivity index (χ1v) is 8.05. The number of nitrogens with zero attached hydrogens (tertiary/aromatic N) is 2. The lowest BCUT2D eigenvalue weighted by Crippen LogP contribution is -2.47. The van der Waals surface area contributed by atoms with Crippen LogP contribution in [0.1, 0.15) is 32.8 Å². The Bertz CT molecular complexity index is 621. The highest BCUT2D eigenvalue weighted by molar-refractivity contribution is 6.29. The minimum absolute atomic E-state index is 0.0395. The Morgan fingerprint density at radius 2 is 2.21 bits per heavy atom. The molecule has 2 amide bonds. The van der Waals surface area contributed by atoms with Crippen molar-refractivity contribution >= 4 is 23.6 Å². The number of carbonyl (C=O) groups is 2. The number of likely N-dealkylation sites (tertiary alicyclic amines) is 1. The minimum atomic E-state index is -1.25. The number of pyridine rings is 1. The molecule has 2 rings (SSSR count). The summed E-state index contributed by atoms with van der Waals surface area (Å²) < 4.78 is 19.0. The molecule has 8 heteroatoms. The van der Waals surface area contributed by atoms with Crippen molar-refractivity contribution in [2.24, 2.45) is 0 Å². The van der Waals surface area contributed by atoms with Gasteiger partial charge in [-0.15, -0.1) is 0 Å². The van der Waals surface area contributed by atoms with Crippen LogP contribution in [0.25, 0.3) is 0 Å². The lowest BCUT2D eigenvalue weighted by molar-refractivity contribution is -0.125. The van der Waals surface area contributed by atoms with Gasteiger partial charge in [0.15, 0.2) is 0 Å². The molecule has 0 aliphatic carbocycles. The molecular weight excluding hydrogens is 337 g/mol. The second-order valence-corrected chi connectivity index (χ2v) is 7.07. The zero-order valence-corrected chi connectivity index (χ0v) is 14.6. The van der Waals surface area contributed by atoms with E-state index in [-0.39, 0.29) is 19.5 Å². The number of amides is 2. The molecule has 0 saturated carbocycles. The van der Waals surface area contributed by atoms with Gasteiger partial charge < -0.3 is 10.1 Å². The number of ether oxygens (including phenoxy) is 1. The van der Waals surface area contributed by atoms with E-state index >= 15 is 0 Å². The second kappa shape index (κ2) is 7.34. The molecule has 6 nitrogen and oxygen atoms in total. The van der Waals surface area contributed by atoms with Gasteiger partial charge in [-0.1, -0.05) is 11.6 Å². The molecule has 1 saturated heterocycles. The summed E-state index contributed by atoms with van der Waals surface area (Å²) in [5, 5.41) is 3.02. The van der Waals surface area contributed by atoms with Crippen LogP contribution in [0.4, 0.5) is 9.18 Å². The summed E-state index contributed by atoms with van der Waals surface area (Å²) in [7, 11) is 0. The molecule has 1 aromatic rings. The van der Waals surface area contributed by atoms with Crippen LogP contribution in [0.15, 0.2) is 18.3 Å². The van der Waals surface area contributed by atoms with Crippen LogP contribution in [0.3, 0.4) is 0 Å². The molecular formula is C16H21ClFN3O3. The Morgan fingerprint density at radius 1 is 1.50 bits per heavy atom. The van der Waals surface area contributed by atoms with Gasteiger partial charge >= 0.3 is 6.09 Å². The fraction of sp³-hybridized carbons (Fsp3) is 0.562. The SMILES string of the molecule is CC(C)(C)OC(=O)N1CC(F)CC1C(=O)NCc1ccnc(Cl)c1. The van der Waals surface area contributed by atoms with Gasteiger partial charge in [-0.2, -0.15) is 0 Å². The Balaban J connectivity index is 1.99. The first-order valence-electron chi connectivity index (χ1n) is 7.67. The minimum Gasteiger partial charge on any atom is -0.444 e. The molecule has 0 radical (unpaired) electrons. The van der Waals surface area contributed by atoms with E-state index in [1.54, 1.807) is 32.9 Å². The highest BCUT2D eigenvalue weighted by Crippen LogP contribution is 2.23. The maximum atomic E-state index is 13.7. The zero-order chi connectivity index (χ0) is 17.9. The van der Waals surface area contributed by atoms with E-state index in [2.05, 4.69) is 10.3 Å². The van der Waals surface area contributed by atoms with Crippen LogP contribution in [-0.2, 0) is 16.1 Å². The van der Waals surface area contributed by atoms with E-state index < -0.39 is 29.8 Å². The number of carbonyl (C=O) groups excluding carboxylic acids is 2. The van der Waals surface area contributed by atoms with Crippen molar-refractivity contribution in [3.63, 3.8) is 0 Å². The Labute approximate surface area is 145 Å². The molecule has 2 heterocycles. The number of aromatic nitrogens is 1. The molecule has 24 heavy (non-hydrogen) atoms. The first kappa shape index (κ1) is 18.4. The molecule has 0 bridgehead atoms. The average Bonchev–Trinajstić information content (AvgIpc) is 2.85. The molecule has 2 atom stereocenters. The molecule has 1 aliphatic rings. The molecule has 132 valence electrons. The fourth-order valence-corrected chi connectivity index (χ4v) is 2.61. The molecule has 1 fully saturated rings. The van der Waals surface area contributed by atoms with Gasteiger partial charge in [-0.3, -0.25) is 9.69 Å². The summed E-state index contributed by atoms with van der Waals surface area (Å²) in [5.74, 6) is -0.422. The van der Waals surface area contributed by atoms with Gasteiger partial charge in [-0.05, 0) is 38.5 Å². The van der Waals surface area contributed by atoms with E-state index in [0.717, 1.165) is 10.5 Å². The van der Waals surface area contributed by atoms with E-state index in [0.29, 0.717) is 5.15 Å². The summed E-state index contributed by atoms with van der Waals surface area (Å²) >= 11 is 5.79. The fourth-order valence-electron chi connectivity index (χ4n) is 2.42. The van der Waals surface area contributed by atoms with Crippen LogP contribution in [0.2, 0.25) is 5.15 Å². The van der Waals surface area contributed by atoms with Crippen molar-refractivity contribution in [3.8, 4) is 0 Å². The van der Waals surface area contributed by atoms with Gasteiger partial charge in [0.1, 0.15) is 23.0 Å². The van der Waals surface area contributed by atoms with Crippen LogP contribution in [-0.4, -0.2) is 46.2 Å².